The van der Waals surface area contributed by atoms with Gasteiger partial charge in [0.2, 0.25) is 5.89 Å². The zero-order valence-corrected chi connectivity index (χ0v) is 22.6. The van der Waals surface area contributed by atoms with Gasteiger partial charge in [-0.15, -0.1) is 0 Å². The first-order chi connectivity index (χ1) is 19.4. The predicted octanol–water partition coefficient (Wildman–Crippen LogP) is 5.85. The Kier molecular flexibility index (Phi) is 7.53. The monoisotopic (exact) mass is 562 g/mol. The number of benzene rings is 3. The number of nitrogens with zero attached hydrogens (tertiary/aromatic N) is 4. The Morgan fingerprint density at radius 2 is 1.85 bits per heavy atom. The molecule has 5 aromatic rings. The van der Waals surface area contributed by atoms with Crippen molar-refractivity contribution in [3.8, 4) is 28.5 Å². The van der Waals surface area contributed by atoms with Gasteiger partial charge in [0.05, 0.1) is 11.6 Å². The van der Waals surface area contributed by atoms with E-state index < -0.39 is 12.3 Å². The average Bonchev–Trinajstić information content (AvgIpc) is 3.59. The standard InChI is InChI=1S/C30H28ClFN4O4/c1-19(37)30(38-22-9-10-28-27(16-22)33-29(39-28)20-5-4-6-21(32)15-20)36-13-11-35(12-14-36)18-23-17-26(34-40-23)24-7-2-3-8-25(24)31/h2-10,15-17,19,30,37H,11-14,18H2,1H3/t19-,30?/m1/s1. The molecule has 0 saturated carbocycles. The second-order valence-electron chi connectivity index (χ2n) is 9.88. The van der Waals surface area contributed by atoms with Gasteiger partial charge in [0.25, 0.3) is 0 Å². The van der Waals surface area contributed by atoms with Gasteiger partial charge in [0.1, 0.15) is 28.9 Å². The van der Waals surface area contributed by atoms with Crippen LogP contribution in [0.2, 0.25) is 5.02 Å². The van der Waals surface area contributed by atoms with E-state index in [4.69, 9.17) is 25.3 Å². The van der Waals surface area contributed by atoms with E-state index in [9.17, 15) is 9.50 Å². The lowest BCUT2D eigenvalue weighted by atomic mass is 10.1. The van der Waals surface area contributed by atoms with Crippen LogP contribution in [0.3, 0.4) is 0 Å². The van der Waals surface area contributed by atoms with Crippen molar-refractivity contribution >= 4 is 22.7 Å². The lowest BCUT2D eigenvalue weighted by Crippen LogP contribution is -2.55. The fourth-order valence-electron chi connectivity index (χ4n) is 4.92. The molecule has 10 heteroatoms. The van der Waals surface area contributed by atoms with Crippen molar-refractivity contribution in [2.45, 2.75) is 25.8 Å². The summed E-state index contributed by atoms with van der Waals surface area (Å²) in [5.41, 5.74) is 3.28. The van der Waals surface area contributed by atoms with Gasteiger partial charge < -0.3 is 18.8 Å². The Hall–Kier alpha value is -3.76. The number of piperazine rings is 1. The molecule has 1 aliphatic heterocycles. The number of aromatic nitrogens is 2. The van der Waals surface area contributed by atoms with Gasteiger partial charge in [-0.25, -0.2) is 9.37 Å². The molecule has 1 fully saturated rings. The Morgan fingerprint density at radius 3 is 2.62 bits per heavy atom. The molecule has 3 heterocycles. The molecule has 1 N–H and O–H groups in total. The van der Waals surface area contributed by atoms with Crippen molar-refractivity contribution in [2.75, 3.05) is 26.2 Å². The summed E-state index contributed by atoms with van der Waals surface area (Å²) < 4.78 is 31.3. The van der Waals surface area contributed by atoms with E-state index in [-0.39, 0.29) is 5.82 Å². The van der Waals surface area contributed by atoms with Crippen LogP contribution in [0.4, 0.5) is 4.39 Å². The van der Waals surface area contributed by atoms with Crippen LogP contribution in [0, 0.1) is 5.82 Å². The van der Waals surface area contributed by atoms with Gasteiger partial charge in [-0.3, -0.25) is 9.80 Å². The molecule has 2 aromatic heterocycles. The van der Waals surface area contributed by atoms with E-state index in [1.807, 2.05) is 30.3 Å². The zero-order chi connectivity index (χ0) is 27.6. The molecule has 40 heavy (non-hydrogen) atoms. The summed E-state index contributed by atoms with van der Waals surface area (Å²) in [6.45, 7) is 5.30. The number of fused-ring (bicyclic) bond motifs is 1. The van der Waals surface area contributed by atoms with Crippen LogP contribution in [0.15, 0.2) is 81.7 Å². The van der Waals surface area contributed by atoms with E-state index in [0.717, 1.165) is 24.4 Å². The molecule has 0 radical (unpaired) electrons. The van der Waals surface area contributed by atoms with E-state index in [0.29, 0.717) is 58.7 Å². The highest BCUT2D eigenvalue weighted by atomic mass is 35.5. The largest absolute Gasteiger partial charge is 0.472 e. The molecule has 1 aliphatic rings. The summed E-state index contributed by atoms with van der Waals surface area (Å²) in [4.78, 5) is 8.91. The molecule has 8 nitrogen and oxygen atoms in total. The Labute approximate surface area is 235 Å². The van der Waals surface area contributed by atoms with Crippen LogP contribution in [0.1, 0.15) is 12.7 Å². The molecule has 2 atom stereocenters. The zero-order valence-electron chi connectivity index (χ0n) is 21.8. The molecule has 0 aliphatic carbocycles. The summed E-state index contributed by atoms with van der Waals surface area (Å²) in [5.74, 6) is 1.31. The number of rotatable bonds is 8. The predicted molar refractivity (Wildman–Crippen MR) is 149 cm³/mol. The molecular weight excluding hydrogens is 535 g/mol. The number of ether oxygens (including phenoxy) is 1. The van der Waals surface area contributed by atoms with Crippen LogP contribution in [0.5, 0.6) is 5.75 Å². The molecule has 1 saturated heterocycles. The molecule has 0 bridgehead atoms. The maximum absolute atomic E-state index is 13.6. The van der Waals surface area contributed by atoms with Crippen molar-refractivity contribution in [1.29, 1.82) is 0 Å². The van der Waals surface area contributed by atoms with Crippen molar-refractivity contribution in [2.24, 2.45) is 0 Å². The third-order valence-corrected chi connectivity index (χ3v) is 7.28. The minimum absolute atomic E-state index is 0.334. The number of hydrogen-bond acceptors (Lipinski definition) is 8. The Morgan fingerprint density at radius 1 is 1.02 bits per heavy atom. The van der Waals surface area contributed by atoms with E-state index in [1.165, 1.54) is 12.1 Å². The van der Waals surface area contributed by atoms with Crippen molar-refractivity contribution in [3.63, 3.8) is 0 Å². The van der Waals surface area contributed by atoms with Crippen LogP contribution in [0.25, 0.3) is 33.8 Å². The third kappa shape index (κ3) is 5.73. The van der Waals surface area contributed by atoms with Gasteiger partial charge in [0, 0.05) is 49.4 Å². The molecule has 1 unspecified atom stereocenters. The maximum Gasteiger partial charge on any atom is 0.227 e. The normalized spacial score (nSPS) is 16.3. The highest BCUT2D eigenvalue weighted by molar-refractivity contribution is 6.33. The van der Waals surface area contributed by atoms with Gasteiger partial charge in [-0.1, -0.05) is 41.0 Å². The van der Waals surface area contributed by atoms with Crippen LogP contribution in [-0.4, -0.2) is 63.6 Å². The van der Waals surface area contributed by atoms with Crippen LogP contribution >= 0.6 is 11.6 Å². The topological polar surface area (TPSA) is 88.0 Å². The third-order valence-electron chi connectivity index (χ3n) is 6.96. The molecule has 3 aromatic carbocycles. The first-order valence-electron chi connectivity index (χ1n) is 13.1. The van der Waals surface area contributed by atoms with E-state index in [2.05, 4.69) is 19.9 Å². The maximum atomic E-state index is 13.6. The molecular formula is C30H28ClFN4O4. The fourth-order valence-corrected chi connectivity index (χ4v) is 5.16. The molecule has 0 amide bonds. The summed E-state index contributed by atoms with van der Waals surface area (Å²) in [6.07, 6.45) is -1.26. The SMILES string of the molecule is C[C@@H](O)C(Oc1ccc2oc(-c3cccc(F)c3)nc2c1)N1CCN(Cc2cc(-c3ccccc3Cl)no2)CC1. The van der Waals surface area contributed by atoms with Gasteiger partial charge in [0.15, 0.2) is 17.6 Å². The highest BCUT2D eigenvalue weighted by Gasteiger charge is 2.29. The van der Waals surface area contributed by atoms with E-state index >= 15 is 0 Å². The second-order valence-corrected chi connectivity index (χ2v) is 10.3. The minimum atomic E-state index is -0.727. The number of hydrogen-bond donors (Lipinski definition) is 1. The van der Waals surface area contributed by atoms with Crippen molar-refractivity contribution in [1.82, 2.24) is 19.9 Å². The number of aliphatic hydroxyl groups is 1. The van der Waals surface area contributed by atoms with Crippen LogP contribution in [-0.2, 0) is 6.54 Å². The van der Waals surface area contributed by atoms with Crippen molar-refractivity contribution < 1.29 is 23.2 Å². The summed E-state index contributed by atoms with van der Waals surface area (Å²) in [7, 11) is 0. The van der Waals surface area contributed by atoms with Gasteiger partial charge in [-0.2, -0.15) is 0 Å². The first kappa shape index (κ1) is 26.5. The smallest absolute Gasteiger partial charge is 0.227 e. The molecule has 6 rings (SSSR count). The lowest BCUT2D eigenvalue weighted by Gasteiger charge is -2.39. The van der Waals surface area contributed by atoms with Crippen molar-refractivity contribution in [3.05, 3.63) is 89.4 Å². The first-order valence-corrected chi connectivity index (χ1v) is 13.5. The quantitative estimate of drug-likeness (QED) is 0.252. The molecule has 206 valence electrons. The average molecular weight is 563 g/mol. The minimum Gasteiger partial charge on any atom is -0.472 e. The Bertz CT molecular complexity index is 1610. The number of aliphatic hydroxyl groups excluding tert-OH is 1. The fraction of sp³-hybridized carbons (Fsp3) is 0.267. The van der Waals surface area contributed by atoms with Gasteiger partial charge >= 0.3 is 0 Å². The highest BCUT2D eigenvalue weighted by Crippen LogP contribution is 2.29. The molecule has 0 spiro atoms. The lowest BCUT2D eigenvalue weighted by molar-refractivity contribution is -0.0756. The second kappa shape index (κ2) is 11.4. The number of halogens is 2. The van der Waals surface area contributed by atoms with Crippen LogP contribution < -0.4 is 4.74 Å². The summed E-state index contributed by atoms with van der Waals surface area (Å²) in [6, 6.07) is 20.9. The van der Waals surface area contributed by atoms with Gasteiger partial charge in [-0.05, 0) is 43.3 Å². The number of oxazole rings is 1. The summed E-state index contributed by atoms with van der Waals surface area (Å²) in [5, 5.41) is 15.4. The summed E-state index contributed by atoms with van der Waals surface area (Å²) >= 11 is 6.30. The Balaban J connectivity index is 1.09. The van der Waals surface area contributed by atoms with E-state index in [1.54, 1.807) is 37.3 Å².